The first-order valence-corrected chi connectivity index (χ1v) is 6.52. The number of rotatable bonds is 5. The highest BCUT2D eigenvalue weighted by Crippen LogP contribution is 2.21. The summed E-state index contributed by atoms with van der Waals surface area (Å²) in [5, 5.41) is 2.95. The zero-order valence-electron chi connectivity index (χ0n) is 10.7. The summed E-state index contributed by atoms with van der Waals surface area (Å²) in [6.07, 6.45) is 0. The Labute approximate surface area is 107 Å². The monoisotopic (exact) mass is 253 g/mol. The molecule has 1 aromatic rings. The molecule has 0 bridgehead atoms. The summed E-state index contributed by atoms with van der Waals surface area (Å²) in [5.41, 5.74) is 2.56. The van der Waals surface area contributed by atoms with Crippen molar-refractivity contribution in [3.63, 3.8) is 0 Å². The van der Waals surface area contributed by atoms with E-state index in [0.717, 1.165) is 0 Å². The highest BCUT2D eigenvalue weighted by atomic mass is 32.2. The SMILES string of the molecule is CNC(CSc1ccc(C)c(C)c1)C(=O)OC. The molecule has 0 amide bonds. The molecule has 1 atom stereocenters. The van der Waals surface area contributed by atoms with Gasteiger partial charge in [0.1, 0.15) is 6.04 Å². The second-order valence-electron chi connectivity index (χ2n) is 3.92. The van der Waals surface area contributed by atoms with E-state index in [2.05, 4.69) is 37.4 Å². The Hall–Kier alpha value is -1.00. The maximum absolute atomic E-state index is 11.4. The van der Waals surface area contributed by atoms with Crippen molar-refractivity contribution in [2.24, 2.45) is 0 Å². The zero-order valence-corrected chi connectivity index (χ0v) is 11.6. The molecular formula is C13H19NO2S. The highest BCUT2D eigenvalue weighted by Gasteiger charge is 2.16. The molecule has 0 aliphatic rings. The van der Waals surface area contributed by atoms with Gasteiger partial charge in [0.05, 0.1) is 7.11 Å². The Morgan fingerprint density at radius 1 is 1.41 bits per heavy atom. The van der Waals surface area contributed by atoms with Gasteiger partial charge in [-0.3, -0.25) is 4.79 Å². The number of carbonyl (C=O) groups is 1. The lowest BCUT2D eigenvalue weighted by Crippen LogP contribution is -2.37. The van der Waals surface area contributed by atoms with Crippen LogP contribution in [0.1, 0.15) is 11.1 Å². The molecule has 0 saturated heterocycles. The number of aryl methyl sites for hydroxylation is 2. The third-order valence-corrected chi connectivity index (χ3v) is 3.82. The van der Waals surface area contributed by atoms with Crippen LogP contribution in [0.3, 0.4) is 0 Å². The zero-order chi connectivity index (χ0) is 12.8. The van der Waals surface area contributed by atoms with Gasteiger partial charge < -0.3 is 10.1 Å². The maximum atomic E-state index is 11.4. The molecule has 1 aromatic carbocycles. The summed E-state index contributed by atoms with van der Waals surface area (Å²) in [4.78, 5) is 12.6. The van der Waals surface area contributed by atoms with Crippen molar-refractivity contribution < 1.29 is 9.53 Å². The number of hydrogen-bond donors (Lipinski definition) is 1. The van der Waals surface area contributed by atoms with Crippen LogP contribution in [0.2, 0.25) is 0 Å². The van der Waals surface area contributed by atoms with Gasteiger partial charge in [0.15, 0.2) is 0 Å². The van der Waals surface area contributed by atoms with Gasteiger partial charge in [-0.2, -0.15) is 0 Å². The van der Waals surface area contributed by atoms with Crippen LogP contribution in [0.25, 0.3) is 0 Å². The summed E-state index contributed by atoms with van der Waals surface area (Å²) >= 11 is 1.66. The van der Waals surface area contributed by atoms with E-state index < -0.39 is 0 Å². The lowest BCUT2D eigenvalue weighted by atomic mass is 10.1. The van der Waals surface area contributed by atoms with E-state index in [0.29, 0.717) is 5.75 Å². The van der Waals surface area contributed by atoms with Crippen LogP contribution in [0.5, 0.6) is 0 Å². The van der Waals surface area contributed by atoms with Crippen LogP contribution in [0.4, 0.5) is 0 Å². The number of likely N-dealkylation sites (N-methyl/N-ethyl adjacent to an activating group) is 1. The Bertz CT molecular complexity index is 393. The van der Waals surface area contributed by atoms with Crippen LogP contribution < -0.4 is 5.32 Å². The molecule has 1 rings (SSSR count). The first-order chi connectivity index (χ1) is 8.08. The van der Waals surface area contributed by atoms with Crippen molar-refractivity contribution in [3.8, 4) is 0 Å². The molecule has 17 heavy (non-hydrogen) atoms. The number of ether oxygens (including phenoxy) is 1. The molecule has 0 aliphatic heterocycles. The number of carbonyl (C=O) groups excluding carboxylic acids is 1. The molecule has 1 N–H and O–H groups in total. The van der Waals surface area contributed by atoms with E-state index in [1.807, 2.05) is 0 Å². The molecule has 0 fully saturated rings. The summed E-state index contributed by atoms with van der Waals surface area (Å²) in [7, 11) is 3.18. The van der Waals surface area contributed by atoms with Gasteiger partial charge in [-0.1, -0.05) is 6.07 Å². The summed E-state index contributed by atoms with van der Waals surface area (Å²) < 4.78 is 4.72. The van der Waals surface area contributed by atoms with E-state index >= 15 is 0 Å². The lowest BCUT2D eigenvalue weighted by Gasteiger charge is -2.13. The van der Waals surface area contributed by atoms with Gasteiger partial charge in [-0.05, 0) is 44.2 Å². The third-order valence-electron chi connectivity index (χ3n) is 2.73. The van der Waals surface area contributed by atoms with Crippen LogP contribution in [0, 0.1) is 13.8 Å². The van der Waals surface area contributed by atoms with Gasteiger partial charge in [0.25, 0.3) is 0 Å². The molecule has 94 valence electrons. The van der Waals surface area contributed by atoms with Gasteiger partial charge in [0, 0.05) is 10.6 Å². The fourth-order valence-electron chi connectivity index (χ4n) is 1.39. The fourth-order valence-corrected chi connectivity index (χ4v) is 2.48. The minimum absolute atomic E-state index is 0.219. The largest absolute Gasteiger partial charge is 0.468 e. The summed E-state index contributed by atoms with van der Waals surface area (Å²) in [5.74, 6) is 0.454. The Morgan fingerprint density at radius 3 is 2.65 bits per heavy atom. The molecule has 0 aromatic heterocycles. The summed E-state index contributed by atoms with van der Waals surface area (Å²) in [6, 6.07) is 6.07. The number of methoxy groups -OCH3 is 1. The molecule has 1 unspecified atom stereocenters. The second-order valence-corrected chi connectivity index (χ2v) is 5.01. The molecule has 0 radical (unpaired) electrons. The number of esters is 1. The van der Waals surface area contributed by atoms with E-state index in [9.17, 15) is 4.79 Å². The van der Waals surface area contributed by atoms with E-state index in [4.69, 9.17) is 4.74 Å². The van der Waals surface area contributed by atoms with Gasteiger partial charge in [0.2, 0.25) is 0 Å². The van der Waals surface area contributed by atoms with Crippen LogP contribution in [-0.4, -0.2) is 31.9 Å². The second kappa shape index (κ2) is 6.67. The quantitative estimate of drug-likeness (QED) is 0.644. The Kier molecular flexibility index (Phi) is 5.51. The molecule has 0 saturated carbocycles. The van der Waals surface area contributed by atoms with Crippen molar-refractivity contribution in [3.05, 3.63) is 29.3 Å². The average molecular weight is 253 g/mol. The molecule has 0 aliphatic carbocycles. The van der Waals surface area contributed by atoms with Crippen molar-refractivity contribution in [2.45, 2.75) is 24.8 Å². The molecule has 0 spiro atoms. The molecule has 3 nitrogen and oxygen atoms in total. The third kappa shape index (κ3) is 4.06. The van der Waals surface area contributed by atoms with Crippen molar-refractivity contribution in [1.29, 1.82) is 0 Å². The van der Waals surface area contributed by atoms with Gasteiger partial charge >= 0.3 is 5.97 Å². The minimum atomic E-state index is -0.258. The van der Waals surface area contributed by atoms with E-state index in [1.165, 1.54) is 23.1 Å². The first kappa shape index (κ1) is 14.1. The minimum Gasteiger partial charge on any atom is -0.468 e. The predicted octanol–water partition coefficient (Wildman–Crippen LogP) is 2.16. The highest BCUT2D eigenvalue weighted by molar-refractivity contribution is 7.99. The first-order valence-electron chi connectivity index (χ1n) is 5.53. The number of thioether (sulfide) groups is 1. The fraction of sp³-hybridized carbons (Fsp3) is 0.462. The van der Waals surface area contributed by atoms with Gasteiger partial charge in [-0.25, -0.2) is 0 Å². The lowest BCUT2D eigenvalue weighted by molar-refractivity contribution is -0.142. The van der Waals surface area contributed by atoms with Gasteiger partial charge in [-0.15, -0.1) is 11.8 Å². The standard InChI is InChI=1S/C13H19NO2S/c1-9-5-6-11(7-10(9)2)17-8-12(14-3)13(15)16-4/h5-7,12,14H,8H2,1-4H3. The predicted molar refractivity (Wildman–Crippen MR) is 71.5 cm³/mol. The van der Waals surface area contributed by atoms with Crippen LogP contribution in [-0.2, 0) is 9.53 Å². The average Bonchev–Trinajstić information content (AvgIpc) is 2.33. The van der Waals surface area contributed by atoms with E-state index in [-0.39, 0.29) is 12.0 Å². The molecule has 0 heterocycles. The van der Waals surface area contributed by atoms with Crippen molar-refractivity contribution >= 4 is 17.7 Å². The number of hydrogen-bond acceptors (Lipinski definition) is 4. The smallest absolute Gasteiger partial charge is 0.323 e. The van der Waals surface area contributed by atoms with Crippen LogP contribution >= 0.6 is 11.8 Å². The van der Waals surface area contributed by atoms with Crippen LogP contribution in [0.15, 0.2) is 23.1 Å². The molecule has 4 heteroatoms. The normalized spacial score (nSPS) is 12.2. The maximum Gasteiger partial charge on any atom is 0.323 e. The number of benzene rings is 1. The molecular weight excluding hydrogens is 234 g/mol. The number of nitrogens with one attached hydrogen (secondary N) is 1. The van der Waals surface area contributed by atoms with Crippen molar-refractivity contribution in [1.82, 2.24) is 5.32 Å². The topological polar surface area (TPSA) is 38.3 Å². The van der Waals surface area contributed by atoms with Crippen molar-refractivity contribution in [2.75, 3.05) is 19.9 Å². The summed E-state index contributed by atoms with van der Waals surface area (Å²) in [6.45, 7) is 4.18. The Morgan fingerprint density at radius 2 is 2.12 bits per heavy atom. The Balaban J connectivity index is 2.59. The van der Waals surface area contributed by atoms with E-state index in [1.54, 1.807) is 18.8 Å².